The number of hydrogen-bond donors (Lipinski definition) is 0. The van der Waals surface area contributed by atoms with Crippen molar-refractivity contribution in [2.45, 2.75) is 13.8 Å². The zero-order chi connectivity index (χ0) is 6.95. The number of rotatable bonds is 5. The first kappa shape index (κ1) is 8.50. The topological polar surface area (TPSA) is 18.5 Å². The third kappa shape index (κ3) is 7.50. The molecule has 0 heterocycles. The fourth-order valence-electron chi connectivity index (χ4n) is 0.339. The molecule has 0 amide bonds. The Hall–Kier alpha value is -0.500. The van der Waals surface area contributed by atoms with Crippen LogP contribution >= 0.6 is 0 Å². The van der Waals surface area contributed by atoms with Crippen molar-refractivity contribution in [2.24, 2.45) is 0 Å². The average molecular weight is 129 g/mol. The highest BCUT2D eigenvalue weighted by Crippen LogP contribution is 1.84. The van der Waals surface area contributed by atoms with E-state index in [1.807, 2.05) is 19.9 Å². The van der Waals surface area contributed by atoms with Gasteiger partial charge in [-0.1, -0.05) is 6.08 Å². The maximum Gasteiger partial charge on any atom is 0.160 e. The van der Waals surface area contributed by atoms with Gasteiger partial charge in [-0.2, -0.15) is 0 Å². The second-order valence-corrected chi connectivity index (χ2v) is 1.43. The zero-order valence-corrected chi connectivity index (χ0v) is 5.96. The van der Waals surface area contributed by atoms with E-state index in [1.54, 1.807) is 12.9 Å². The van der Waals surface area contributed by atoms with Crippen LogP contribution in [0.2, 0.25) is 0 Å². The summed E-state index contributed by atoms with van der Waals surface area (Å²) in [5, 5.41) is 0. The fraction of sp³-hybridized carbons (Fsp3) is 0.571. The molecule has 9 heavy (non-hydrogen) atoms. The van der Waals surface area contributed by atoms with Crippen LogP contribution in [0.15, 0.2) is 12.3 Å². The van der Waals surface area contributed by atoms with Gasteiger partial charge in [0.2, 0.25) is 0 Å². The maximum atomic E-state index is 4.97. The molecular weight excluding hydrogens is 116 g/mol. The Morgan fingerprint density at radius 3 is 2.78 bits per heavy atom. The Kier molecular flexibility index (Phi) is 7.08. The van der Waals surface area contributed by atoms with Crippen LogP contribution in [0.25, 0.3) is 0 Å². The van der Waals surface area contributed by atoms with Crippen molar-refractivity contribution in [2.75, 3.05) is 13.2 Å². The molecule has 2 nitrogen and oxygen atoms in total. The van der Waals surface area contributed by atoms with Gasteiger partial charge in [-0.05, 0) is 13.8 Å². The lowest BCUT2D eigenvalue weighted by Gasteiger charge is -1.97. The molecule has 0 aromatic carbocycles. The van der Waals surface area contributed by atoms with Gasteiger partial charge in [0, 0.05) is 6.61 Å². The quantitative estimate of drug-likeness (QED) is 0.416. The van der Waals surface area contributed by atoms with Gasteiger partial charge >= 0.3 is 0 Å². The summed E-state index contributed by atoms with van der Waals surface area (Å²) < 4.78 is 9.82. The summed E-state index contributed by atoms with van der Waals surface area (Å²) in [6.07, 6.45) is 3.43. The maximum absolute atomic E-state index is 4.97. The van der Waals surface area contributed by atoms with Crippen LogP contribution in [-0.4, -0.2) is 13.2 Å². The molecular formula is C7H13O2. The molecule has 53 valence electrons. The van der Waals surface area contributed by atoms with Gasteiger partial charge in [-0.3, -0.25) is 0 Å². The molecule has 0 aromatic rings. The molecule has 0 aliphatic carbocycles. The van der Waals surface area contributed by atoms with E-state index in [0.29, 0.717) is 6.61 Å². The van der Waals surface area contributed by atoms with Crippen LogP contribution in [0, 0.1) is 6.61 Å². The van der Waals surface area contributed by atoms with E-state index >= 15 is 0 Å². The SMILES string of the molecule is CC=CO[CH]COCC. The first-order valence-electron chi connectivity index (χ1n) is 3.07. The Balaban J connectivity index is 2.75. The molecule has 0 N–H and O–H groups in total. The van der Waals surface area contributed by atoms with Crippen LogP contribution < -0.4 is 0 Å². The van der Waals surface area contributed by atoms with E-state index in [1.165, 1.54) is 0 Å². The summed E-state index contributed by atoms with van der Waals surface area (Å²) in [5.74, 6) is 0. The lowest BCUT2D eigenvalue weighted by atomic mass is 10.7. The van der Waals surface area contributed by atoms with Crippen molar-refractivity contribution in [3.63, 3.8) is 0 Å². The van der Waals surface area contributed by atoms with E-state index in [4.69, 9.17) is 9.47 Å². The second kappa shape index (κ2) is 7.50. The van der Waals surface area contributed by atoms with Crippen molar-refractivity contribution in [3.8, 4) is 0 Å². The van der Waals surface area contributed by atoms with E-state index in [0.717, 1.165) is 6.61 Å². The van der Waals surface area contributed by atoms with E-state index < -0.39 is 0 Å². The van der Waals surface area contributed by atoms with Crippen LogP contribution in [-0.2, 0) is 9.47 Å². The highest BCUT2D eigenvalue weighted by Gasteiger charge is 1.81. The Labute approximate surface area is 56.5 Å². The number of hydrogen-bond acceptors (Lipinski definition) is 2. The van der Waals surface area contributed by atoms with Crippen molar-refractivity contribution >= 4 is 0 Å². The molecule has 0 bridgehead atoms. The molecule has 0 fully saturated rings. The molecule has 0 unspecified atom stereocenters. The van der Waals surface area contributed by atoms with Gasteiger partial charge < -0.3 is 9.47 Å². The number of ether oxygens (including phenoxy) is 2. The first-order chi connectivity index (χ1) is 4.41. The molecule has 0 aliphatic rings. The molecule has 0 aliphatic heterocycles. The average Bonchev–Trinajstić information content (AvgIpc) is 1.89. The summed E-state index contributed by atoms with van der Waals surface area (Å²) in [6.45, 7) is 6.75. The Morgan fingerprint density at radius 2 is 2.22 bits per heavy atom. The normalized spacial score (nSPS) is 10.4. The van der Waals surface area contributed by atoms with Crippen molar-refractivity contribution in [1.82, 2.24) is 0 Å². The minimum Gasteiger partial charge on any atom is -0.492 e. The third-order valence-corrected chi connectivity index (χ3v) is 0.701. The van der Waals surface area contributed by atoms with Gasteiger partial charge in [-0.15, -0.1) is 0 Å². The predicted octanol–water partition coefficient (Wildman–Crippen LogP) is 1.73. The van der Waals surface area contributed by atoms with Gasteiger partial charge in [0.25, 0.3) is 0 Å². The molecule has 0 aromatic heterocycles. The van der Waals surface area contributed by atoms with E-state index in [2.05, 4.69) is 0 Å². The fourth-order valence-corrected chi connectivity index (χ4v) is 0.339. The third-order valence-electron chi connectivity index (χ3n) is 0.701. The zero-order valence-electron chi connectivity index (χ0n) is 5.96. The van der Waals surface area contributed by atoms with Crippen LogP contribution in [0.3, 0.4) is 0 Å². The summed E-state index contributed by atoms with van der Waals surface area (Å²) in [5.41, 5.74) is 0. The van der Waals surface area contributed by atoms with Crippen molar-refractivity contribution in [1.29, 1.82) is 0 Å². The van der Waals surface area contributed by atoms with E-state index in [9.17, 15) is 0 Å². The number of allylic oxidation sites excluding steroid dienone is 1. The molecule has 0 spiro atoms. The van der Waals surface area contributed by atoms with Gasteiger partial charge in [0.1, 0.15) is 0 Å². The molecule has 0 atom stereocenters. The highest BCUT2D eigenvalue weighted by molar-refractivity contribution is 4.67. The molecule has 1 radical (unpaired) electrons. The minimum absolute atomic E-state index is 0.556. The second-order valence-electron chi connectivity index (χ2n) is 1.43. The molecule has 0 rings (SSSR count). The van der Waals surface area contributed by atoms with Crippen LogP contribution in [0.1, 0.15) is 13.8 Å². The molecule has 2 heteroatoms. The van der Waals surface area contributed by atoms with Crippen molar-refractivity contribution < 1.29 is 9.47 Å². The Bertz CT molecular complexity index is 69.3. The lowest BCUT2D eigenvalue weighted by Crippen LogP contribution is -1.94. The monoisotopic (exact) mass is 129 g/mol. The van der Waals surface area contributed by atoms with E-state index in [-0.39, 0.29) is 0 Å². The summed E-state index contributed by atoms with van der Waals surface area (Å²) in [6, 6.07) is 0. The molecule has 0 saturated heterocycles. The van der Waals surface area contributed by atoms with Crippen molar-refractivity contribution in [3.05, 3.63) is 18.9 Å². The predicted molar refractivity (Wildman–Crippen MR) is 36.7 cm³/mol. The Morgan fingerprint density at radius 1 is 1.44 bits per heavy atom. The van der Waals surface area contributed by atoms with Gasteiger partial charge in [0.05, 0.1) is 12.9 Å². The summed E-state index contributed by atoms with van der Waals surface area (Å²) in [4.78, 5) is 0. The van der Waals surface area contributed by atoms with Gasteiger partial charge in [0.15, 0.2) is 6.61 Å². The summed E-state index contributed by atoms with van der Waals surface area (Å²) in [7, 11) is 0. The standard InChI is InChI=1S/C7H13O2/c1-3-5-9-7-6-8-4-2/h3,5,7H,4,6H2,1-2H3. The van der Waals surface area contributed by atoms with Crippen LogP contribution in [0.5, 0.6) is 0 Å². The van der Waals surface area contributed by atoms with Gasteiger partial charge in [-0.25, -0.2) is 0 Å². The largest absolute Gasteiger partial charge is 0.492 e. The highest BCUT2D eigenvalue weighted by atomic mass is 16.5. The molecule has 0 saturated carbocycles. The summed E-state index contributed by atoms with van der Waals surface area (Å²) >= 11 is 0. The minimum atomic E-state index is 0.556. The first-order valence-corrected chi connectivity index (χ1v) is 3.07. The smallest absolute Gasteiger partial charge is 0.160 e. The lowest BCUT2D eigenvalue weighted by molar-refractivity contribution is 0.129. The van der Waals surface area contributed by atoms with Crippen LogP contribution in [0.4, 0.5) is 0 Å².